The van der Waals surface area contributed by atoms with Gasteiger partial charge in [-0.2, -0.15) is 5.26 Å². The van der Waals surface area contributed by atoms with E-state index in [4.69, 9.17) is 14.7 Å². The monoisotopic (exact) mass is 368 g/mol. The standard InChI is InChI=1S/C16H18BrFN2O2/c17-12-9-14(13(18)8-11(12)10-19)20-16(3-6-21-7-4-16)15-2-1-5-22-15/h8-9,15,20H,1-7H2. The van der Waals surface area contributed by atoms with Crippen LogP contribution in [0.3, 0.4) is 0 Å². The quantitative estimate of drug-likeness (QED) is 0.885. The van der Waals surface area contributed by atoms with E-state index in [1.165, 1.54) is 6.07 Å². The van der Waals surface area contributed by atoms with Gasteiger partial charge in [0, 0.05) is 24.3 Å². The molecule has 118 valence electrons. The Balaban J connectivity index is 1.90. The second kappa shape index (κ2) is 6.53. The van der Waals surface area contributed by atoms with E-state index in [-0.39, 0.29) is 11.6 Å². The van der Waals surface area contributed by atoms with Crippen LogP contribution in [0.1, 0.15) is 31.2 Å². The topological polar surface area (TPSA) is 54.3 Å². The van der Waals surface area contributed by atoms with Gasteiger partial charge in [-0.15, -0.1) is 0 Å². The van der Waals surface area contributed by atoms with Gasteiger partial charge in [-0.1, -0.05) is 0 Å². The smallest absolute Gasteiger partial charge is 0.147 e. The third kappa shape index (κ3) is 2.98. The van der Waals surface area contributed by atoms with Gasteiger partial charge in [-0.05, 0) is 53.7 Å². The van der Waals surface area contributed by atoms with E-state index < -0.39 is 5.82 Å². The summed E-state index contributed by atoms with van der Waals surface area (Å²) in [6, 6.07) is 4.87. The molecule has 0 spiro atoms. The summed E-state index contributed by atoms with van der Waals surface area (Å²) < 4.78 is 26.3. The molecule has 0 bridgehead atoms. The maximum absolute atomic E-state index is 14.3. The van der Waals surface area contributed by atoms with Crippen LogP contribution < -0.4 is 5.32 Å². The fourth-order valence-corrected chi connectivity index (χ4v) is 3.71. The van der Waals surface area contributed by atoms with E-state index in [0.717, 1.165) is 32.3 Å². The first kappa shape index (κ1) is 15.7. The number of rotatable bonds is 3. The Morgan fingerprint density at radius 3 is 2.73 bits per heavy atom. The summed E-state index contributed by atoms with van der Waals surface area (Å²) >= 11 is 3.32. The lowest BCUT2D eigenvalue weighted by Crippen LogP contribution is -2.53. The molecule has 0 amide bonds. The van der Waals surface area contributed by atoms with Crippen molar-refractivity contribution in [3.05, 3.63) is 28.0 Å². The molecule has 1 unspecified atom stereocenters. The molecule has 2 heterocycles. The Bertz CT molecular complexity index is 591. The van der Waals surface area contributed by atoms with Crippen LogP contribution in [-0.2, 0) is 9.47 Å². The summed E-state index contributed by atoms with van der Waals surface area (Å²) in [4.78, 5) is 0. The average molecular weight is 369 g/mol. The number of hydrogen-bond acceptors (Lipinski definition) is 4. The molecule has 1 aromatic carbocycles. The maximum atomic E-state index is 14.3. The van der Waals surface area contributed by atoms with Gasteiger partial charge < -0.3 is 14.8 Å². The minimum absolute atomic E-state index is 0.0743. The maximum Gasteiger partial charge on any atom is 0.147 e. The van der Waals surface area contributed by atoms with Crippen molar-refractivity contribution in [3.8, 4) is 6.07 Å². The molecule has 3 rings (SSSR count). The second-order valence-electron chi connectivity index (χ2n) is 5.82. The number of nitrogens with zero attached hydrogens (tertiary/aromatic N) is 1. The summed E-state index contributed by atoms with van der Waals surface area (Å²) in [5, 5.41) is 12.4. The van der Waals surface area contributed by atoms with Gasteiger partial charge in [0.15, 0.2) is 0 Å². The van der Waals surface area contributed by atoms with Crippen molar-refractivity contribution in [1.29, 1.82) is 5.26 Å². The zero-order valence-corrected chi connectivity index (χ0v) is 13.8. The van der Waals surface area contributed by atoms with Crippen molar-refractivity contribution in [1.82, 2.24) is 0 Å². The highest BCUT2D eigenvalue weighted by Gasteiger charge is 2.43. The zero-order chi connectivity index (χ0) is 15.6. The van der Waals surface area contributed by atoms with Crippen molar-refractivity contribution in [2.24, 2.45) is 0 Å². The molecule has 1 atom stereocenters. The first-order valence-electron chi connectivity index (χ1n) is 7.51. The van der Waals surface area contributed by atoms with Crippen LogP contribution >= 0.6 is 15.9 Å². The minimum Gasteiger partial charge on any atom is -0.381 e. The van der Waals surface area contributed by atoms with Gasteiger partial charge in [0.1, 0.15) is 11.9 Å². The largest absolute Gasteiger partial charge is 0.381 e. The first-order valence-corrected chi connectivity index (χ1v) is 8.31. The summed E-state index contributed by atoms with van der Waals surface area (Å²) in [5.41, 5.74) is 0.396. The lowest BCUT2D eigenvalue weighted by Gasteiger charge is -2.43. The fraction of sp³-hybridized carbons (Fsp3) is 0.562. The highest BCUT2D eigenvalue weighted by Crippen LogP contribution is 2.37. The van der Waals surface area contributed by atoms with Gasteiger partial charge in [0.05, 0.1) is 22.9 Å². The van der Waals surface area contributed by atoms with Crippen molar-refractivity contribution in [2.75, 3.05) is 25.1 Å². The van der Waals surface area contributed by atoms with E-state index in [9.17, 15) is 4.39 Å². The van der Waals surface area contributed by atoms with E-state index in [1.54, 1.807) is 6.07 Å². The van der Waals surface area contributed by atoms with Crippen LogP contribution in [0.25, 0.3) is 0 Å². The number of ether oxygens (including phenoxy) is 2. The van der Waals surface area contributed by atoms with Gasteiger partial charge in [-0.25, -0.2) is 4.39 Å². The SMILES string of the molecule is N#Cc1cc(F)c(NC2(C3CCCO3)CCOCC2)cc1Br. The highest BCUT2D eigenvalue weighted by molar-refractivity contribution is 9.10. The first-order chi connectivity index (χ1) is 10.6. The molecule has 2 saturated heterocycles. The lowest BCUT2D eigenvalue weighted by molar-refractivity contribution is -0.0134. The minimum atomic E-state index is -0.413. The third-order valence-electron chi connectivity index (χ3n) is 4.49. The molecule has 6 heteroatoms. The molecule has 0 aromatic heterocycles. The normalized spacial score (nSPS) is 24.0. The van der Waals surface area contributed by atoms with Crippen molar-refractivity contribution >= 4 is 21.6 Å². The molecule has 4 nitrogen and oxygen atoms in total. The Hall–Kier alpha value is -1.16. The van der Waals surface area contributed by atoms with E-state index in [1.807, 2.05) is 6.07 Å². The highest BCUT2D eigenvalue weighted by atomic mass is 79.9. The second-order valence-corrected chi connectivity index (χ2v) is 6.67. The molecule has 22 heavy (non-hydrogen) atoms. The van der Waals surface area contributed by atoms with Gasteiger partial charge >= 0.3 is 0 Å². The van der Waals surface area contributed by atoms with Crippen LogP contribution in [0, 0.1) is 17.1 Å². The van der Waals surface area contributed by atoms with Crippen molar-refractivity contribution in [3.63, 3.8) is 0 Å². The number of nitrogens with one attached hydrogen (secondary N) is 1. The summed E-state index contributed by atoms with van der Waals surface area (Å²) in [5.74, 6) is -0.413. The van der Waals surface area contributed by atoms with Crippen LogP contribution in [0.2, 0.25) is 0 Å². The van der Waals surface area contributed by atoms with Crippen molar-refractivity contribution < 1.29 is 13.9 Å². The van der Waals surface area contributed by atoms with Gasteiger partial charge in [-0.3, -0.25) is 0 Å². The predicted octanol–water partition coefficient (Wildman–Crippen LogP) is 3.60. The Kier molecular flexibility index (Phi) is 4.67. The summed E-state index contributed by atoms with van der Waals surface area (Å²) in [7, 11) is 0. The summed E-state index contributed by atoms with van der Waals surface area (Å²) in [6.07, 6.45) is 3.66. The lowest BCUT2D eigenvalue weighted by atomic mass is 9.82. The number of hydrogen-bond donors (Lipinski definition) is 1. The molecular weight excluding hydrogens is 351 g/mol. The molecule has 1 N–H and O–H groups in total. The van der Waals surface area contributed by atoms with Crippen LogP contribution in [0.15, 0.2) is 16.6 Å². The number of halogens is 2. The van der Waals surface area contributed by atoms with Crippen LogP contribution in [-0.4, -0.2) is 31.5 Å². The van der Waals surface area contributed by atoms with E-state index in [2.05, 4.69) is 21.2 Å². The number of nitriles is 1. The number of anilines is 1. The van der Waals surface area contributed by atoms with Crippen LogP contribution in [0.5, 0.6) is 0 Å². The average Bonchev–Trinajstić information content (AvgIpc) is 3.06. The Labute approximate surface area is 137 Å². The van der Waals surface area contributed by atoms with Crippen molar-refractivity contribution in [2.45, 2.75) is 37.3 Å². The molecular formula is C16H18BrFN2O2. The van der Waals surface area contributed by atoms with E-state index >= 15 is 0 Å². The van der Waals surface area contributed by atoms with Gasteiger partial charge in [0.2, 0.25) is 0 Å². The molecule has 2 fully saturated rings. The molecule has 0 saturated carbocycles. The van der Waals surface area contributed by atoms with Gasteiger partial charge in [0.25, 0.3) is 0 Å². The van der Waals surface area contributed by atoms with E-state index in [0.29, 0.717) is 28.9 Å². The fourth-order valence-electron chi connectivity index (χ4n) is 3.27. The molecule has 2 aliphatic rings. The molecule has 0 aliphatic carbocycles. The third-order valence-corrected chi connectivity index (χ3v) is 5.15. The zero-order valence-electron chi connectivity index (χ0n) is 12.2. The molecule has 0 radical (unpaired) electrons. The Morgan fingerprint density at radius 2 is 2.09 bits per heavy atom. The Morgan fingerprint density at radius 1 is 1.32 bits per heavy atom. The number of benzene rings is 1. The molecule has 1 aromatic rings. The summed E-state index contributed by atoms with van der Waals surface area (Å²) in [6.45, 7) is 2.05. The van der Waals surface area contributed by atoms with Crippen LogP contribution in [0.4, 0.5) is 10.1 Å². The predicted molar refractivity (Wildman–Crippen MR) is 84.2 cm³/mol. The molecule has 2 aliphatic heterocycles.